The quantitative estimate of drug-likeness (QED) is 0.670. The average molecular weight is 191 g/mol. The van der Waals surface area contributed by atoms with Gasteiger partial charge in [-0.25, -0.2) is 0 Å². The molecule has 0 aliphatic carbocycles. The molecule has 0 amide bonds. The van der Waals surface area contributed by atoms with Gasteiger partial charge >= 0.3 is 0 Å². The minimum Gasteiger partial charge on any atom is -0.303 e. The molecule has 0 aliphatic heterocycles. The summed E-state index contributed by atoms with van der Waals surface area (Å²) in [5.41, 5.74) is 1.03. The SMILES string of the molecule is CC(C)CCC(C=O)c1cccnc1. The second-order valence-corrected chi connectivity index (χ2v) is 4.00. The molecule has 2 nitrogen and oxygen atoms in total. The van der Waals surface area contributed by atoms with Gasteiger partial charge in [-0.15, -0.1) is 0 Å². The van der Waals surface area contributed by atoms with Gasteiger partial charge in [-0.1, -0.05) is 19.9 Å². The predicted octanol–water partition coefficient (Wildman–Crippen LogP) is 2.80. The topological polar surface area (TPSA) is 30.0 Å². The number of pyridine rings is 1. The van der Waals surface area contributed by atoms with Gasteiger partial charge in [0.05, 0.1) is 0 Å². The van der Waals surface area contributed by atoms with Crippen molar-refractivity contribution in [3.05, 3.63) is 30.1 Å². The number of aldehydes is 1. The fourth-order valence-electron chi connectivity index (χ4n) is 1.42. The third-order valence-corrected chi connectivity index (χ3v) is 2.33. The van der Waals surface area contributed by atoms with Gasteiger partial charge in [0, 0.05) is 18.3 Å². The molecule has 0 fully saturated rings. The predicted molar refractivity (Wildman–Crippen MR) is 57.1 cm³/mol. The fraction of sp³-hybridized carbons (Fsp3) is 0.500. The van der Waals surface area contributed by atoms with Crippen molar-refractivity contribution in [2.24, 2.45) is 5.92 Å². The van der Waals surface area contributed by atoms with Crippen molar-refractivity contribution in [3.8, 4) is 0 Å². The molecule has 76 valence electrons. The van der Waals surface area contributed by atoms with Crippen molar-refractivity contribution in [1.29, 1.82) is 0 Å². The lowest BCUT2D eigenvalue weighted by atomic mass is 9.94. The standard InChI is InChI=1S/C12H17NO/c1-10(2)5-6-12(9-14)11-4-3-7-13-8-11/h3-4,7-10,12H,5-6H2,1-2H3. The molecule has 1 rings (SSSR count). The van der Waals surface area contributed by atoms with E-state index in [1.807, 2.05) is 12.1 Å². The van der Waals surface area contributed by atoms with E-state index < -0.39 is 0 Å². The van der Waals surface area contributed by atoms with Crippen LogP contribution in [0.3, 0.4) is 0 Å². The van der Waals surface area contributed by atoms with Crippen molar-refractivity contribution in [1.82, 2.24) is 4.98 Å². The highest BCUT2D eigenvalue weighted by Crippen LogP contribution is 2.20. The Bertz CT molecular complexity index is 269. The van der Waals surface area contributed by atoms with E-state index in [2.05, 4.69) is 18.8 Å². The molecule has 0 aliphatic rings. The molecule has 0 bridgehead atoms. The molecule has 14 heavy (non-hydrogen) atoms. The average Bonchev–Trinajstić information content (AvgIpc) is 2.20. The van der Waals surface area contributed by atoms with Crippen LogP contribution in [0.25, 0.3) is 0 Å². The first-order valence-electron chi connectivity index (χ1n) is 5.09. The third kappa shape index (κ3) is 3.29. The number of aromatic nitrogens is 1. The van der Waals surface area contributed by atoms with Crippen LogP contribution in [-0.4, -0.2) is 11.3 Å². The van der Waals surface area contributed by atoms with Crippen LogP contribution in [0, 0.1) is 5.92 Å². The Morgan fingerprint density at radius 3 is 2.71 bits per heavy atom. The summed E-state index contributed by atoms with van der Waals surface area (Å²) < 4.78 is 0. The molecular formula is C12H17NO. The summed E-state index contributed by atoms with van der Waals surface area (Å²) in [7, 11) is 0. The summed E-state index contributed by atoms with van der Waals surface area (Å²) in [5, 5.41) is 0. The maximum atomic E-state index is 10.9. The molecule has 1 aromatic heterocycles. The molecule has 1 unspecified atom stereocenters. The van der Waals surface area contributed by atoms with E-state index in [-0.39, 0.29) is 5.92 Å². The Morgan fingerprint density at radius 1 is 1.43 bits per heavy atom. The summed E-state index contributed by atoms with van der Waals surface area (Å²) in [6.45, 7) is 4.34. The highest BCUT2D eigenvalue weighted by Gasteiger charge is 2.10. The number of rotatable bonds is 5. The van der Waals surface area contributed by atoms with Gasteiger partial charge in [0.15, 0.2) is 0 Å². The molecule has 2 heteroatoms. The lowest BCUT2D eigenvalue weighted by Gasteiger charge is -2.11. The molecule has 0 saturated carbocycles. The Kier molecular flexibility index (Phi) is 4.30. The van der Waals surface area contributed by atoms with Crippen molar-refractivity contribution in [3.63, 3.8) is 0 Å². The van der Waals surface area contributed by atoms with E-state index in [1.165, 1.54) is 0 Å². The van der Waals surface area contributed by atoms with Gasteiger partial charge < -0.3 is 4.79 Å². The minimum atomic E-state index is 0.0195. The first kappa shape index (κ1) is 10.9. The van der Waals surface area contributed by atoms with Crippen LogP contribution in [0.5, 0.6) is 0 Å². The zero-order chi connectivity index (χ0) is 10.4. The molecule has 0 N–H and O–H groups in total. The van der Waals surface area contributed by atoms with Crippen molar-refractivity contribution < 1.29 is 4.79 Å². The van der Waals surface area contributed by atoms with Crippen LogP contribution in [0.15, 0.2) is 24.5 Å². The fourth-order valence-corrected chi connectivity index (χ4v) is 1.42. The van der Waals surface area contributed by atoms with E-state index in [1.54, 1.807) is 12.4 Å². The Balaban J connectivity index is 2.59. The van der Waals surface area contributed by atoms with Crippen molar-refractivity contribution in [2.45, 2.75) is 32.6 Å². The number of carbonyl (C=O) groups excluding carboxylic acids is 1. The van der Waals surface area contributed by atoms with Gasteiger partial charge in [0.1, 0.15) is 6.29 Å². The zero-order valence-corrected chi connectivity index (χ0v) is 8.81. The number of hydrogen-bond donors (Lipinski definition) is 0. The second-order valence-electron chi connectivity index (χ2n) is 4.00. The third-order valence-electron chi connectivity index (χ3n) is 2.33. The van der Waals surface area contributed by atoms with Gasteiger partial charge in [0.2, 0.25) is 0 Å². The summed E-state index contributed by atoms with van der Waals surface area (Å²) in [6, 6.07) is 3.84. The molecule has 1 aromatic rings. The maximum absolute atomic E-state index is 10.9. The van der Waals surface area contributed by atoms with E-state index in [4.69, 9.17) is 0 Å². The summed E-state index contributed by atoms with van der Waals surface area (Å²) >= 11 is 0. The normalized spacial score (nSPS) is 12.8. The molecular weight excluding hydrogens is 174 g/mol. The Hall–Kier alpha value is -1.18. The van der Waals surface area contributed by atoms with Crippen molar-refractivity contribution >= 4 is 6.29 Å². The van der Waals surface area contributed by atoms with Gasteiger partial charge in [-0.05, 0) is 30.4 Å². The molecule has 0 spiro atoms. The molecule has 1 atom stereocenters. The number of nitrogens with zero attached hydrogens (tertiary/aromatic N) is 1. The first-order valence-corrected chi connectivity index (χ1v) is 5.09. The van der Waals surface area contributed by atoms with Crippen LogP contribution >= 0.6 is 0 Å². The highest BCUT2D eigenvalue weighted by molar-refractivity contribution is 5.61. The largest absolute Gasteiger partial charge is 0.303 e. The summed E-state index contributed by atoms with van der Waals surface area (Å²) in [5.74, 6) is 0.667. The Labute approximate surface area is 85.4 Å². The minimum absolute atomic E-state index is 0.0195. The highest BCUT2D eigenvalue weighted by atomic mass is 16.1. The molecule has 0 radical (unpaired) electrons. The lowest BCUT2D eigenvalue weighted by Crippen LogP contribution is -2.02. The molecule has 0 aromatic carbocycles. The van der Waals surface area contributed by atoms with E-state index in [0.717, 1.165) is 24.7 Å². The number of hydrogen-bond acceptors (Lipinski definition) is 2. The summed E-state index contributed by atoms with van der Waals surface area (Å²) in [6.07, 6.45) is 6.54. The van der Waals surface area contributed by atoms with Crippen LogP contribution in [-0.2, 0) is 4.79 Å². The van der Waals surface area contributed by atoms with E-state index in [0.29, 0.717) is 5.92 Å². The van der Waals surface area contributed by atoms with E-state index in [9.17, 15) is 4.79 Å². The summed E-state index contributed by atoms with van der Waals surface area (Å²) in [4.78, 5) is 14.9. The smallest absolute Gasteiger partial charge is 0.127 e. The zero-order valence-electron chi connectivity index (χ0n) is 8.81. The van der Waals surface area contributed by atoms with Crippen LogP contribution < -0.4 is 0 Å². The van der Waals surface area contributed by atoms with Gasteiger partial charge in [-0.2, -0.15) is 0 Å². The van der Waals surface area contributed by atoms with Gasteiger partial charge in [0.25, 0.3) is 0 Å². The maximum Gasteiger partial charge on any atom is 0.127 e. The van der Waals surface area contributed by atoms with Crippen molar-refractivity contribution in [2.75, 3.05) is 0 Å². The van der Waals surface area contributed by atoms with E-state index >= 15 is 0 Å². The van der Waals surface area contributed by atoms with Crippen LogP contribution in [0.4, 0.5) is 0 Å². The first-order chi connectivity index (χ1) is 6.74. The van der Waals surface area contributed by atoms with Gasteiger partial charge in [-0.3, -0.25) is 4.98 Å². The molecule has 1 heterocycles. The molecule has 0 saturated heterocycles. The second kappa shape index (κ2) is 5.53. The number of carbonyl (C=O) groups is 1. The van der Waals surface area contributed by atoms with Crippen LogP contribution in [0.2, 0.25) is 0 Å². The van der Waals surface area contributed by atoms with Crippen LogP contribution in [0.1, 0.15) is 38.2 Å². The lowest BCUT2D eigenvalue weighted by molar-refractivity contribution is -0.109. The Morgan fingerprint density at radius 2 is 2.21 bits per heavy atom. The monoisotopic (exact) mass is 191 g/mol.